The monoisotopic (exact) mass is 261 g/mol. The van der Waals surface area contributed by atoms with Crippen LogP contribution < -0.4 is 4.40 Å². The molecule has 0 radical (unpaired) electrons. The average Bonchev–Trinajstić information content (AvgIpc) is 2.87. The summed E-state index contributed by atoms with van der Waals surface area (Å²) in [6.45, 7) is 2.22. The molecule has 4 aromatic rings. The molecule has 2 nitrogen and oxygen atoms in total. The third kappa shape index (κ3) is 1.61. The molecule has 2 heteroatoms. The van der Waals surface area contributed by atoms with Crippen LogP contribution in [0.25, 0.3) is 27.3 Å². The SMILES string of the molecule is CCCc1cc[n+]2ccc3c4ccccc4[nH]c3c2c1. The van der Waals surface area contributed by atoms with Crippen molar-refractivity contribution < 1.29 is 4.40 Å². The highest BCUT2D eigenvalue weighted by atomic mass is 14.9. The molecule has 1 N–H and O–H groups in total. The van der Waals surface area contributed by atoms with Crippen molar-refractivity contribution in [3.63, 3.8) is 0 Å². The van der Waals surface area contributed by atoms with E-state index in [0.717, 1.165) is 6.42 Å². The minimum atomic E-state index is 1.13. The number of nitrogens with one attached hydrogen (secondary N) is 1. The van der Waals surface area contributed by atoms with Crippen LogP contribution in [0, 0.1) is 0 Å². The lowest BCUT2D eigenvalue weighted by Gasteiger charge is -1.98. The molecule has 0 saturated heterocycles. The Labute approximate surface area is 117 Å². The standard InChI is InChI=1S/C18H16N2/c1-2-5-13-8-10-20-11-9-15-14-6-3-4-7-16(14)19-18(15)17(20)12-13/h3-4,6-12H,2,5H2,1H3/p+1. The summed E-state index contributed by atoms with van der Waals surface area (Å²) in [5.41, 5.74) is 5.09. The van der Waals surface area contributed by atoms with Gasteiger partial charge < -0.3 is 4.98 Å². The lowest BCUT2D eigenvalue weighted by atomic mass is 10.1. The molecule has 0 atom stereocenters. The molecule has 0 aliphatic carbocycles. The van der Waals surface area contributed by atoms with Gasteiger partial charge in [-0.3, -0.25) is 0 Å². The van der Waals surface area contributed by atoms with Gasteiger partial charge in [-0.05, 0) is 18.1 Å². The number of nitrogens with zero attached hydrogens (tertiary/aromatic N) is 1. The first-order valence-electron chi connectivity index (χ1n) is 7.20. The third-order valence-corrected chi connectivity index (χ3v) is 3.99. The summed E-state index contributed by atoms with van der Waals surface area (Å²) >= 11 is 0. The Morgan fingerprint density at radius 1 is 1.00 bits per heavy atom. The van der Waals surface area contributed by atoms with Crippen LogP contribution in [-0.2, 0) is 6.42 Å². The lowest BCUT2D eigenvalue weighted by Crippen LogP contribution is -2.20. The molecule has 98 valence electrons. The van der Waals surface area contributed by atoms with Gasteiger partial charge in [0.25, 0.3) is 0 Å². The zero-order chi connectivity index (χ0) is 13.5. The molecule has 20 heavy (non-hydrogen) atoms. The van der Waals surface area contributed by atoms with E-state index in [9.17, 15) is 0 Å². The van der Waals surface area contributed by atoms with Gasteiger partial charge in [-0.1, -0.05) is 31.5 Å². The highest BCUT2D eigenvalue weighted by Gasteiger charge is 2.12. The molecule has 0 spiro atoms. The van der Waals surface area contributed by atoms with E-state index in [1.165, 1.54) is 39.3 Å². The number of hydrogen-bond acceptors (Lipinski definition) is 0. The molecule has 0 fully saturated rings. The van der Waals surface area contributed by atoms with Crippen molar-refractivity contribution in [3.8, 4) is 0 Å². The molecule has 4 rings (SSSR count). The first kappa shape index (κ1) is 11.5. The predicted octanol–water partition coefficient (Wildman–Crippen LogP) is 4.01. The fraction of sp³-hybridized carbons (Fsp3) is 0.167. The molecule has 0 aliphatic heterocycles. The topological polar surface area (TPSA) is 19.9 Å². The number of aryl methyl sites for hydroxylation is 1. The van der Waals surface area contributed by atoms with Crippen molar-refractivity contribution in [1.82, 2.24) is 4.98 Å². The molecular weight excluding hydrogens is 244 g/mol. The molecule has 0 bridgehead atoms. The zero-order valence-electron chi connectivity index (χ0n) is 11.6. The highest BCUT2D eigenvalue weighted by molar-refractivity contribution is 6.10. The number of rotatable bonds is 2. The van der Waals surface area contributed by atoms with E-state index in [2.05, 4.69) is 71.2 Å². The average molecular weight is 261 g/mol. The van der Waals surface area contributed by atoms with Gasteiger partial charge in [-0.15, -0.1) is 0 Å². The minimum Gasteiger partial charge on any atom is -0.349 e. The quantitative estimate of drug-likeness (QED) is 0.526. The Kier molecular flexibility index (Phi) is 2.49. The van der Waals surface area contributed by atoms with Gasteiger partial charge in [-0.25, -0.2) is 0 Å². The molecule has 0 saturated carbocycles. The van der Waals surface area contributed by atoms with E-state index < -0.39 is 0 Å². The predicted molar refractivity (Wildman–Crippen MR) is 83.0 cm³/mol. The zero-order valence-corrected chi connectivity index (χ0v) is 11.6. The van der Waals surface area contributed by atoms with E-state index >= 15 is 0 Å². The first-order chi connectivity index (χ1) is 9.86. The molecule has 0 unspecified atom stereocenters. The summed E-state index contributed by atoms with van der Waals surface area (Å²) in [5.74, 6) is 0. The maximum atomic E-state index is 3.57. The highest BCUT2D eigenvalue weighted by Crippen LogP contribution is 2.26. The van der Waals surface area contributed by atoms with E-state index in [0.29, 0.717) is 0 Å². The normalized spacial score (nSPS) is 11.7. The number of benzene rings is 1. The molecule has 0 aliphatic rings. The number of fused-ring (bicyclic) bond motifs is 5. The van der Waals surface area contributed by atoms with E-state index in [4.69, 9.17) is 0 Å². The summed E-state index contributed by atoms with van der Waals surface area (Å²) in [6.07, 6.45) is 6.62. The molecule has 3 heterocycles. The van der Waals surface area contributed by atoms with Gasteiger partial charge in [0.05, 0.1) is 0 Å². The maximum Gasteiger partial charge on any atom is 0.235 e. The smallest absolute Gasteiger partial charge is 0.235 e. The van der Waals surface area contributed by atoms with Crippen LogP contribution in [0.15, 0.2) is 54.9 Å². The summed E-state index contributed by atoms with van der Waals surface area (Å²) in [7, 11) is 0. The van der Waals surface area contributed by atoms with Gasteiger partial charge in [0.2, 0.25) is 5.52 Å². The Bertz CT molecular complexity index is 919. The fourth-order valence-electron chi connectivity index (χ4n) is 3.02. The Morgan fingerprint density at radius 2 is 1.85 bits per heavy atom. The van der Waals surface area contributed by atoms with Crippen LogP contribution in [-0.4, -0.2) is 4.98 Å². The summed E-state index contributed by atoms with van der Waals surface area (Å²) in [6, 6.07) is 15.2. The Balaban J connectivity index is 2.13. The second-order valence-electron chi connectivity index (χ2n) is 5.35. The summed E-state index contributed by atoms with van der Waals surface area (Å²) in [5, 5.41) is 2.60. The van der Waals surface area contributed by atoms with Crippen molar-refractivity contribution in [3.05, 3.63) is 60.4 Å². The van der Waals surface area contributed by atoms with Crippen LogP contribution in [0.4, 0.5) is 0 Å². The van der Waals surface area contributed by atoms with Gasteiger partial charge >= 0.3 is 0 Å². The second-order valence-corrected chi connectivity index (χ2v) is 5.35. The van der Waals surface area contributed by atoms with Crippen molar-refractivity contribution in [1.29, 1.82) is 0 Å². The third-order valence-electron chi connectivity index (χ3n) is 3.99. The van der Waals surface area contributed by atoms with Crippen LogP contribution in [0.3, 0.4) is 0 Å². The molecule has 3 aromatic heterocycles. The number of pyridine rings is 2. The number of hydrogen-bond donors (Lipinski definition) is 1. The molecule has 0 amide bonds. The van der Waals surface area contributed by atoms with Crippen molar-refractivity contribution >= 4 is 27.3 Å². The van der Waals surface area contributed by atoms with E-state index in [1.54, 1.807) is 0 Å². The van der Waals surface area contributed by atoms with E-state index in [-0.39, 0.29) is 0 Å². The number of aromatic amines is 1. The number of para-hydroxylation sites is 1. The van der Waals surface area contributed by atoms with E-state index in [1.807, 2.05) is 0 Å². The van der Waals surface area contributed by atoms with Crippen LogP contribution in [0.2, 0.25) is 0 Å². The van der Waals surface area contributed by atoms with Gasteiger partial charge in [-0.2, -0.15) is 4.40 Å². The van der Waals surface area contributed by atoms with Gasteiger partial charge in [0.15, 0.2) is 12.4 Å². The Morgan fingerprint density at radius 3 is 2.75 bits per heavy atom. The summed E-state index contributed by atoms with van der Waals surface area (Å²) in [4.78, 5) is 3.57. The largest absolute Gasteiger partial charge is 0.349 e. The molecule has 1 aromatic carbocycles. The lowest BCUT2D eigenvalue weighted by molar-refractivity contribution is -0.510. The van der Waals surface area contributed by atoms with Crippen molar-refractivity contribution in [2.75, 3.05) is 0 Å². The second kappa shape index (κ2) is 4.34. The summed E-state index contributed by atoms with van der Waals surface area (Å²) < 4.78 is 2.19. The number of aromatic nitrogens is 2. The first-order valence-corrected chi connectivity index (χ1v) is 7.20. The number of H-pyrrole nitrogens is 1. The van der Waals surface area contributed by atoms with Crippen LogP contribution in [0.5, 0.6) is 0 Å². The van der Waals surface area contributed by atoms with Gasteiger partial charge in [0, 0.05) is 34.5 Å². The molecular formula is C18H17N2+. The maximum absolute atomic E-state index is 3.57. The van der Waals surface area contributed by atoms with Crippen molar-refractivity contribution in [2.24, 2.45) is 0 Å². The van der Waals surface area contributed by atoms with Crippen molar-refractivity contribution in [2.45, 2.75) is 19.8 Å². The van der Waals surface area contributed by atoms with Crippen LogP contribution in [0.1, 0.15) is 18.9 Å². The Hall–Kier alpha value is -2.35. The van der Waals surface area contributed by atoms with Gasteiger partial charge in [0.1, 0.15) is 5.52 Å². The van der Waals surface area contributed by atoms with Crippen LogP contribution >= 0.6 is 0 Å². The minimum absolute atomic E-state index is 1.13. The fourth-order valence-corrected chi connectivity index (χ4v) is 3.02.